The molecule has 1 saturated carbocycles. The second-order valence-electron chi connectivity index (χ2n) is 11.6. The first-order valence-corrected chi connectivity index (χ1v) is 11.9. The number of phenols is 1. The molecule has 3 heterocycles. The highest BCUT2D eigenvalue weighted by Gasteiger charge is 2.81. The number of hydrogen-bond donors (Lipinski definition) is 1. The quantitative estimate of drug-likeness (QED) is 0.627. The maximum Gasteiger partial charge on any atom is 0.200 e. The number of carbonyl (C=O) groups excluding carboxylic acids is 2. The van der Waals surface area contributed by atoms with Crippen LogP contribution < -0.4 is 9.47 Å². The fraction of sp³-hybridized carbons (Fsp3) is 0.500. The minimum Gasteiger partial charge on any atom is -0.507 e. The van der Waals surface area contributed by atoms with Crippen LogP contribution in [0.5, 0.6) is 17.2 Å². The number of phenolic OH excluding ortho intramolecular Hbond substituents is 1. The minimum atomic E-state index is -1.31. The first-order valence-electron chi connectivity index (χ1n) is 11.9. The number of allylic oxidation sites excluding steroid dienone is 2. The van der Waals surface area contributed by atoms with Crippen LogP contribution in [0.15, 0.2) is 35.4 Å². The summed E-state index contributed by atoms with van der Waals surface area (Å²) in [6, 6.07) is 1.49. The molecule has 0 unspecified atom stereocenters. The van der Waals surface area contributed by atoms with E-state index in [1.807, 2.05) is 59.8 Å². The monoisotopic (exact) mass is 462 g/mol. The number of carbonyl (C=O) groups is 2. The molecule has 1 spiro atoms. The van der Waals surface area contributed by atoms with Crippen molar-refractivity contribution in [3.05, 3.63) is 46.6 Å². The highest BCUT2D eigenvalue weighted by Crippen LogP contribution is 2.68. The maximum absolute atomic E-state index is 14.0. The topological polar surface area (TPSA) is 82.1 Å². The first kappa shape index (κ1) is 21.7. The van der Waals surface area contributed by atoms with E-state index in [2.05, 4.69) is 0 Å². The van der Waals surface area contributed by atoms with Crippen LogP contribution in [0.25, 0.3) is 6.08 Å². The van der Waals surface area contributed by atoms with E-state index in [1.165, 1.54) is 6.07 Å². The predicted octanol–water partition coefficient (Wildman–Crippen LogP) is 4.94. The van der Waals surface area contributed by atoms with Crippen molar-refractivity contribution in [2.75, 3.05) is 0 Å². The van der Waals surface area contributed by atoms with Gasteiger partial charge in [-0.3, -0.25) is 9.59 Å². The minimum absolute atomic E-state index is 0.0335. The van der Waals surface area contributed by atoms with Crippen LogP contribution in [-0.2, 0) is 9.53 Å². The Hall–Kier alpha value is -2.86. The summed E-state index contributed by atoms with van der Waals surface area (Å²) in [5, 5.41) is 10.9. The van der Waals surface area contributed by atoms with Crippen molar-refractivity contribution in [1.82, 2.24) is 0 Å². The summed E-state index contributed by atoms with van der Waals surface area (Å²) in [5.74, 6) is -0.412. The van der Waals surface area contributed by atoms with Crippen LogP contribution in [0.2, 0.25) is 0 Å². The zero-order valence-corrected chi connectivity index (χ0v) is 20.4. The van der Waals surface area contributed by atoms with Crippen molar-refractivity contribution in [3.63, 3.8) is 0 Å². The van der Waals surface area contributed by atoms with Crippen LogP contribution in [0, 0.1) is 11.8 Å². The summed E-state index contributed by atoms with van der Waals surface area (Å²) in [4.78, 5) is 27.9. The third-order valence-electron chi connectivity index (χ3n) is 8.18. The summed E-state index contributed by atoms with van der Waals surface area (Å²) in [5.41, 5.74) is -1.60. The molecule has 7 rings (SSSR count). The van der Waals surface area contributed by atoms with Gasteiger partial charge in [-0.2, -0.15) is 0 Å². The summed E-state index contributed by atoms with van der Waals surface area (Å²) < 4.78 is 19.7. The fourth-order valence-electron chi connectivity index (χ4n) is 6.78. The molecule has 2 fully saturated rings. The second-order valence-corrected chi connectivity index (χ2v) is 11.6. The van der Waals surface area contributed by atoms with Gasteiger partial charge in [-0.05, 0) is 60.1 Å². The Bertz CT molecular complexity index is 1270. The Labute approximate surface area is 199 Å². The van der Waals surface area contributed by atoms with Gasteiger partial charge in [0.05, 0.1) is 11.2 Å². The van der Waals surface area contributed by atoms with Crippen molar-refractivity contribution in [2.24, 2.45) is 11.8 Å². The number of fused-ring (bicyclic) bond motifs is 3. The smallest absolute Gasteiger partial charge is 0.200 e. The molecule has 1 N–H and O–H groups in total. The van der Waals surface area contributed by atoms with Gasteiger partial charge in [-0.25, -0.2) is 0 Å². The molecule has 6 heteroatoms. The lowest BCUT2D eigenvalue weighted by atomic mass is 9.51. The summed E-state index contributed by atoms with van der Waals surface area (Å²) >= 11 is 0. The molecular weight excluding hydrogens is 432 g/mol. The van der Waals surface area contributed by atoms with Gasteiger partial charge < -0.3 is 19.3 Å². The van der Waals surface area contributed by atoms with E-state index in [0.717, 1.165) is 5.57 Å². The van der Waals surface area contributed by atoms with Crippen LogP contribution in [0.3, 0.4) is 0 Å². The average molecular weight is 463 g/mol. The third kappa shape index (κ3) is 2.40. The SMILES string of the molecule is CC(C)=CC[C@@]12OC(C)(C)[C@@H]3C[C@@H](C=C4C(=O)c5c(O)cc6c(c5O[C@]431)C=CC(C)(C)O6)C2=O. The van der Waals surface area contributed by atoms with Crippen molar-refractivity contribution in [3.8, 4) is 17.2 Å². The van der Waals surface area contributed by atoms with Crippen molar-refractivity contribution in [2.45, 2.75) is 76.8 Å². The molecular formula is C28H30O6. The highest BCUT2D eigenvalue weighted by molar-refractivity contribution is 6.18. The lowest BCUT2D eigenvalue weighted by Gasteiger charge is -2.56. The molecule has 1 aromatic rings. The molecule has 4 atom stereocenters. The molecule has 4 bridgehead atoms. The summed E-state index contributed by atoms with van der Waals surface area (Å²) in [6.07, 6.45) is 8.43. The number of aromatic hydroxyl groups is 1. The summed E-state index contributed by atoms with van der Waals surface area (Å²) in [7, 11) is 0. The van der Waals surface area contributed by atoms with Crippen LogP contribution in [0.1, 0.15) is 70.3 Å². The molecule has 0 aromatic heterocycles. The van der Waals surface area contributed by atoms with Gasteiger partial charge in [0.25, 0.3) is 0 Å². The van der Waals surface area contributed by atoms with Crippen LogP contribution in [0.4, 0.5) is 0 Å². The van der Waals surface area contributed by atoms with Crippen LogP contribution >= 0.6 is 0 Å². The van der Waals surface area contributed by atoms with Gasteiger partial charge in [0.2, 0.25) is 0 Å². The highest BCUT2D eigenvalue weighted by atomic mass is 16.6. The first-order chi connectivity index (χ1) is 15.8. The zero-order valence-electron chi connectivity index (χ0n) is 20.4. The van der Waals surface area contributed by atoms with Gasteiger partial charge in [0.1, 0.15) is 28.4 Å². The molecule has 1 saturated heterocycles. The van der Waals surface area contributed by atoms with E-state index >= 15 is 0 Å². The third-order valence-corrected chi connectivity index (χ3v) is 8.18. The number of Topliss-reactive ketones (excluding diaryl/α,β-unsaturated/α-hetero) is 2. The van der Waals surface area contributed by atoms with E-state index in [-0.39, 0.29) is 34.5 Å². The summed E-state index contributed by atoms with van der Waals surface area (Å²) in [6.45, 7) is 11.8. The van der Waals surface area contributed by atoms with Gasteiger partial charge >= 0.3 is 0 Å². The Balaban J connectivity index is 1.65. The van der Waals surface area contributed by atoms with Gasteiger partial charge in [0.15, 0.2) is 22.8 Å². The Morgan fingerprint density at radius 1 is 1.18 bits per heavy atom. The van der Waals surface area contributed by atoms with Crippen molar-refractivity contribution in [1.29, 1.82) is 0 Å². The Morgan fingerprint density at radius 3 is 2.62 bits per heavy atom. The molecule has 1 aromatic carbocycles. The standard InChI is InChI=1S/C28H30O6/c1-14(2)7-10-27-24(31)15-11-17-22(30)21-18(29)13-19-16(8-9-25(3,4)32-19)23(21)33-28(17,27)20(12-15)26(5,6)34-27/h7-9,11,13,15,20,29H,10,12H2,1-6H3/t15-,20+,27+,28-/m1/s1. The van der Waals surface area contributed by atoms with E-state index in [9.17, 15) is 14.7 Å². The molecule has 0 radical (unpaired) electrons. The molecule has 6 aliphatic rings. The van der Waals surface area contributed by atoms with Gasteiger partial charge in [-0.1, -0.05) is 17.7 Å². The van der Waals surface area contributed by atoms with E-state index in [1.54, 1.807) is 6.08 Å². The number of hydrogen-bond acceptors (Lipinski definition) is 6. The Kier molecular flexibility index (Phi) is 3.96. The predicted molar refractivity (Wildman–Crippen MR) is 126 cm³/mol. The normalized spacial score (nSPS) is 34.9. The molecule has 3 aliphatic heterocycles. The number of rotatable bonds is 2. The lowest BCUT2D eigenvalue weighted by Crippen LogP contribution is -2.72. The molecule has 34 heavy (non-hydrogen) atoms. The van der Waals surface area contributed by atoms with Gasteiger partial charge in [-0.15, -0.1) is 0 Å². The van der Waals surface area contributed by atoms with E-state index in [4.69, 9.17) is 14.2 Å². The molecule has 6 nitrogen and oxygen atoms in total. The number of benzene rings is 1. The molecule has 3 aliphatic carbocycles. The van der Waals surface area contributed by atoms with Crippen LogP contribution in [-0.4, -0.2) is 39.1 Å². The largest absolute Gasteiger partial charge is 0.507 e. The maximum atomic E-state index is 14.0. The fourth-order valence-corrected chi connectivity index (χ4v) is 6.78. The number of ketones is 2. The van der Waals surface area contributed by atoms with E-state index in [0.29, 0.717) is 29.7 Å². The lowest BCUT2D eigenvalue weighted by molar-refractivity contribution is -0.171. The van der Waals surface area contributed by atoms with Crippen molar-refractivity contribution < 1.29 is 28.9 Å². The Morgan fingerprint density at radius 2 is 1.91 bits per heavy atom. The molecule has 0 amide bonds. The molecule has 178 valence electrons. The second kappa shape index (κ2) is 6.22. The number of ether oxygens (including phenoxy) is 3. The van der Waals surface area contributed by atoms with E-state index < -0.39 is 28.3 Å². The average Bonchev–Trinajstić information content (AvgIpc) is 2.88. The van der Waals surface area contributed by atoms with Crippen molar-refractivity contribution >= 4 is 17.6 Å². The van der Waals surface area contributed by atoms with Gasteiger partial charge in [0, 0.05) is 29.9 Å². The zero-order chi connectivity index (χ0) is 24.4.